The van der Waals surface area contributed by atoms with E-state index in [-0.39, 0.29) is 22.3 Å². The third-order valence-corrected chi connectivity index (χ3v) is 1.52. The molecule has 3 heterocycles. The van der Waals surface area contributed by atoms with Crippen molar-refractivity contribution in [2.75, 3.05) is 0 Å². The van der Waals surface area contributed by atoms with Gasteiger partial charge in [0, 0.05) is 49.6 Å². The van der Waals surface area contributed by atoms with Crippen LogP contribution in [0.4, 0.5) is 0 Å². The van der Waals surface area contributed by atoms with Gasteiger partial charge in [-0.05, 0) is 34.4 Å². The van der Waals surface area contributed by atoms with E-state index in [0.717, 1.165) is 0 Å². The molecular weight excluding hydrogens is 442 g/mol. The molecule has 0 radical (unpaired) electrons. The maximum atomic E-state index is 3.78. The summed E-state index contributed by atoms with van der Waals surface area (Å²) < 4.78 is 0. The highest BCUT2D eigenvalue weighted by Crippen LogP contribution is 2.08. The van der Waals surface area contributed by atoms with Crippen LogP contribution in [-0.4, -0.2) is 24.9 Å². The number of nitrogens with zero attached hydrogens (tertiary/aromatic N) is 5. The SMILES string of the molecule is C.C.C.CC(C)(C)C.CC(C)(C)C.CC(C)(C)C.c1ccncc1.c1cnccn1.c1cncnc1. The summed E-state index contributed by atoms with van der Waals surface area (Å²) >= 11 is 0. The van der Waals surface area contributed by atoms with Crippen molar-refractivity contribution in [3.63, 3.8) is 0 Å². The van der Waals surface area contributed by atoms with E-state index in [1.807, 2.05) is 18.2 Å². The van der Waals surface area contributed by atoms with Gasteiger partial charge in [-0.25, -0.2) is 9.97 Å². The molecule has 3 aromatic heterocycles. The Hall–Kier alpha value is -2.69. The van der Waals surface area contributed by atoms with Crippen LogP contribution in [0, 0.1) is 16.2 Å². The summed E-state index contributed by atoms with van der Waals surface area (Å²) in [6.45, 7) is 26.2. The van der Waals surface area contributed by atoms with Gasteiger partial charge in [-0.1, -0.05) is 111 Å². The van der Waals surface area contributed by atoms with Crippen LogP contribution in [-0.2, 0) is 0 Å². The van der Waals surface area contributed by atoms with Gasteiger partial charge in [0.15, 0.2) is 0 Å². The minimum Gasteiger partial charge on any atom is -0.265 e. The van der Waals surface area contributed by atoms with Crippen LogP contribution in [0.3, 0.4) is 0 Å². The fraction of sp³-hybridized carbons (Fsp3) is 0.581. The monoisotopic (exact) mass is 503 g/mol. The van der Waals surface area contributed by atoms with Crippen LogP contribution in [0.5, 0.6) is 0 Å². The molecule has 5 nitrogen and oxygen atoms in total. The molecule has 5 heteroatoms. The first-order valence-corrected chi connectivity index (χ1v) is 11.2. The maximum Gasteiger partial charge on any atom is 0.115 e. The van der Waals surface area contributed by atoms with Gasteiger partial charge < -0.3 is 0 Å². The standard InChI is InChI=1S/C5H5N.3C5H12.2C4H4N2.3CH4/c1-2-4-6-5-3-1;3*1-5(2,3)4;1-2-6-4-3-5-1;1-2-5-4-6-3-1;;;/h1-5H;3*1-4H3;2*1-4H;3*1H4. The lowest BCUT2D eigenvalue weighted by molar-refractivity contribution is 0.469. The second kappa shape index (κ2) is 28.5. The average Bonchev–Trinajstić information content (AvgIpc) is 2.69. The first kappa shape index (κ1) is 46.6. The number of rotatable bonds is 0. The van der Waals surface area contributed by atoms with Gasteiger partial charge in [0.1, 0.15) is 6.33 Å². The molecule has 0 fully saturated rings. The Morgan fingerprint density at radius 1 is 0.306 bits per heavy atom. The first-order valence-electron chi connectivity index (χ1n) is 11.2. The summed E-state index contributed by atoms with van der Waals surface area (Å²) in [6.07, 6.45) is 14.9. The summed E-state index contributed by atoms with van der Waals surface area (Å²) in [5.41, 5.74) is 1.50. The second-order valence-electron chi connectivity index (χ2n) is 11.8. The van der Waals surface area contributed by atoms with Crippen LogP contribution in [0.1, 0.15) is 105 Å². The lowest BCUT2D eigenvalue weighted by Crippen LogP contribution is -1.93. The predicted molar refractivity (Wildman–Crippen MR) is 164 cm³/mol. The van der Waals surface area contributed by atoms with E-state index in [4.69, 9.17) is 0 Å². The Morgan fingerprint density at radius 3 is 0.611 bits per heavy atom. The highest BCUT2D eigenvalue weighted by molar-refractivity contribution is 4.88. The van der Waals surface area contributed by atoms with Crippen molar-refractivity contribution in [2.45, 2.75) is 105 Å². The first-order chi connectivity index (χ1) is 15.0. The molecule has 0 spiro atoms. The van der Waals surface area contributed by atoms with Crippen LogP contribution >= 0.6 is 0 Å². The fourth-order valence-electron chi connectivity index (χ4n) is 0.819. The molecule has 0 saturated heterocycles. The third-order valence-electron chi connectivity index (χ3n) is 1.52. The van der Waals surface area contributed by atoms with Crippen molar-refractivity contribution < 1.29 is 0 Å². The highest BCUT2D eigenvalue weighted by atomic mass is 14.8. The molecule has 0 N–H and O–H groups in total. The van der Waals surface area contributed by atoms with Crippen LogP contribution in [0.15, 0.2) is 80.2 Å². The van der Waals surface area contributed by atoms with E-state index >= 15 is 0 Å². The predicted octanol–water partition coefficient (Wildman–Crippen LogP) is 10.1. The quantitative estimate of drug-likeness (QED) is 0.305. The third kappa shape index (κ3) is 123. The molecule has 0 aliphatic rings. The molecule has 3 rings (SSSR count). The largest absolute Gasteiger partial charge is 0.265 e. The molecule has 36 heavy (non-hydrogen) atoms. The number of hydrogen-bond acceptors (Lipinski definition) is 5. The van der Waals surface area contributed by atoms with Crippen molar-refractivity contribution in [1.82, 2.24) is 24.9 Å². The Labute approximate surface area is 226 Å². The van der Waals surface area contributed by atoms with Gasteiger partial charge in [-0.2, -0.15) is 0 Å². The zero-order chi connectivity index (χ0) is 26.2. The molecule has 3 aromatic rings. The van der Waals surface area contributed by atoms with Gasteiger partial charge in [0.2, 0.25) is 0 Å². The molecule has 0 atom stereocenters. The Morgan fingerprint density at radius 2 is 0.528 bits per heavy atom. The van der Waals surface area contributed by atoms with Gasteiger partial charge in [-0.3, -0.25) is 15.0 Å². The van der Waals surface area contributed by atoms with Gasteiger partial charge in [0.25, 0.3) is 0 Å². The molecule has 0 saturated carbocycles. The van der Waals surface area contributed by atoms with E-state index in [1.54, 1.807) is 55.6 Å². The number of aromatic nitrogens is 5. The van der Waals surface area contributed by atoms with E-state index in [9.17, 15) is 0 Å². The van der Waals surface area contributed by atoms with Crippen LogP contribution in [0.2, 0.25) is 0 Å². The molecule has 0 bridgehead atoms. The van der Waals surface area contributed by atoms with Crippen molar-refractivity contribution in [3.05, 3.63) is 80.2 Å². The fourth-order valence-corrected chi connectivity index (χ4v) is 0.819. The lowest BCUT2D eigenvalue weighted by atomic mass is 10.0. The molecule has 210 valence electrons. The van der Waals surface area contributed by atoms with Crippen molar-refractivity contribution in [2.24, 2.45) is 16.2 Å². The average molecular weight is 504 g/mol. The van der Waals surface area contributed by atoms with Crippen molar-refractivity contribution in [3.8, 4) is 0 Å². The molecule has 0 amide bonds. The normalized spacial score (nSPS) is 9.00. The van der Waals surface area contributed by atoms with Crippen molar-refractivity contribution >= 4 is 0 Å². The van der Waals surface area contributed by atoms with Crippen LogP contribution < -0.4 is 0 Å². The minimum absolute atomic E-state index is 0. The maximum absolute atomic E-state index is 3.78. The summed E-state index contributed by atoms with van der Waals surface area (Å²) in [7, 11) is 0. The zero-order valence-electron chi connectivity index (χ0n) is 23.2. The molecule has 0 aliphatic heterocycles. The number of pyridine rings is 1. The molecule has 0 unspecified atom stereocenters. The molecular formula is C31H61N5. The Kier molecular flexibility index (Phi) is 37.0. The zero-order valence-corrected chi connectivity index (χ0v) is 23.2. The summed E-state index contributed by atoms with van der Waals surface area (Å²) in [4.78, 5) is 18.6. The van der Waals surface area contributed by atoms with Gasteiger partial charge >= 0.3 is 0 Å². The highest BCUT2D eigenvalue weighted by Gasteiger charge is 1.96. The summed E-state index contributed by atoms with van der Waals surface area (Å²) in [6, 6.07) is 7.49. The summed E-state index contributed by atoms with van der Waals surface area (Å²) in [5, 5.41) is 0. The minimum atomic E-state index is 0. The number of hydrogen-bond donors (Lipinski definition) is 0. The lowest BCUT2D eigenvalue weighted by Gasteiger charge is -2.05. The van der Waals surface area contributed by atoms with E-state index in [2.05, 4.69) is 108 Å². The Bertz CT molecular complexity index is 498. The topological polar surface area (TPSA) is 64.5 Å². The van der Waals surface area contributed by atoms with Gasteiger partial charge in [0.05, 0.1) is 0 Å². The smallest absolute Gasteiger partial charge is 0.115 e. The Balaban J connectivity index is -0.0000000740. The van der Waals surface area contributed by atoms with Gasteiger partial charge in [-0.15, -0.1) is 0 Å². The van der Waals surface area contributed by atoms with E-state index in [0.29, 0.717) is 16.2 Å². The van der Waals surface area contributed by atoms with Crippen molar-refractivity contribution in [1.29, 1.82) is 0 Å². The van der Waals surface area contributed by atoms with Crippen LogP contribution in [0.25, 0.3) is 0 Å². The van der Waals surface area contributed by atoms with E-state index < -0.39 is 0 Å². The van der Waals surface area contributed by atoms with E-state index in [1.165, 1.54) is 6.33 Å². The summed E-state index contributed by atoms with van der Waals surface area (Å²) in [5.74, 6) is 0. The second-order valence-corrected chi connectivity index (χ2v) is 11.8. The molecule has 0 aromatic carbocycles. The molecule has 0 aliphatic carbocycles.